The predicted molar refractivity (Wildman–Crippen MR) is 183 cm³/mol. The fourth-order valence-corrected chi connectivity index (χ4v) is 5.80. The summed E-state index contributed by atoms with van der Waals surface area (Å²) in [6.45, 7) is 0.520. The van der Waals surface area contributed by atoms with Gasteiger partial charge in [-0.15, -0.1) is 0 Å². The lowest BCUT2D eigenvalue weighted by molar-refractivity contribution is -0.137. The number of anilines is 1. The third-order valence-electron chi connectivity index (χ3n) is 8.26. The smallest absolute Gasteiger partial charge is 0.352 e. The number of carbonyl (C=O) groups is 2. The van der Waals surface area contributed by atoms with Crippen LogP contribution in [0, 0.1) is 0 Å². The first-order valence-electron chi connectivity index (χ1n) is 15.6. The molecule has 2 amide bonds. The Bertz CT molecular complexity index is 1990. The number of fused-ring (bicyclic) bond motifs is 1. The van der Waals surface area contributed by atoms with Gasteiger partial charge in [-0.05, 0) is 71.5 Å². The zero-order valence-electron chi connectivity index (χ0n) is 25.9. The summed E-state index contributed by atoms with van der Waals surface area (Å²) in [4.78, 5) is 30.7. The monoisotopic (exact) mass is 643 g/mol. The summed E-state index contributed by atoms with van der Waals surface area (Å²) in [5, 5.41) is 6.61. The molecule has 0 radical (unpaired) electrons. The highest BCUT2D eigenvalue weighted by Gasteiger charge is 2.30. The lowest BCUT2D eigenvalue weighted by Crippen LogP contribution is -2.25. The summed E-state index contributed by atoms with van der Waals surface area (Å²) >= 11 is 0. The zero-order chi connectivity index (χ0) is 33.5. The number of rotatable bonds is 10. The molecule has 0 unspecified atom stereocenters. The molecule has 5 nitrogen and oxygen atoms in total. The van der Waals surface area contributed by atoms with Crippen LogP contribution in [0.1, 0.15) is 56.2 Å². The minimum absolute atomic E-state index is 0.211. The molecule has 6 rings (SSSR count). The number of hydrogen-bond acceptors (Lipinski definition) is 3. The number of amides is 2. The van der Waals surface area contributed by atoms with E-state index in [4.69, 9.17) is 0 Å². The van der Waals surface area contributed by atoms with Gasteiger partial charge in [0.15, 0.2) is 0 Å². The van der Waals surface area contributed by atoms with E-state index in [1.54, 1.807) is 48.5 Å². The molecular formula is C40H32F3N3O2. The van der Waals surface area contributed by atoms with Crippen molar-refractivity contribution in [3.05, 3.63) is 167 Å². The number of alkyl halides is 3. The molecular weight excluding hydrogens is 611 g/mol. The Balaban J connectivity index is 1.08. The molecule has 2 N–H and O–H groups in total. The molecule has 0 saturated heterocycles. The van der Waals surface area contributed by atoms with Gasteiger partial charge < -0.3 is 10.6 Å². The zero-order valence-corrected chi connectivity index (χ0v) is 25.9. The number of nitrogens with one attached hydrogen (secondary N) is 2. The van der Waals surface area contributed by atoms with Crippen LogP contribution in [0.2, 0.25) is 0 Å². The molecule has 1 aromatic heterocycles. The lowest BCUT2D eigenvalue weighted by atomic mass is 9.87. The Kier molecular flexibility index (Phi) is 9.62. The van der Waals surface area contributed by atoms with E-state index >= 15 is 0 Å². The van der Waals surface area contributed by atoms with Gasteiger partial charge in [0.1, 0.15) is 0 Å². The number of pyridine rings is 1. The van der Waals surface area contributed by atoms with Crippen LogP contribution in [0.4, 0.5) is 18.9 Å². The SMILES string of the molecule is O=C(NCCCC(c1ccccc1)c1ccccc1)c1cnc2cc(NC(=O)c3ccccc3-c3ccc(C(F)(F)F)cc3)ccc2c1. The average Bonchev–Trinajstić information content (AvgIpc) is 3.11. The molecule has 0 aliphatic rings. The van der Waals surface area contributed by atoms with Crippen LogP contribution in [0.25, 0.3) is 22.0 Å². The van der Waals surface area contributed by atoms with Gasteiger partial charge in [-0.1, -0.05) is 97.1 Å². The van der Waals surface area contributed by atoms with Crippen molar-refractivity contribution in [3.63, 3.8) is 0 Å². The van der Waals surface area contributed by atoms with Crippen LogP contribution in [0.5, 0.6) is 0 Å². The maximum Gasteiger partial charge on any atom is 0.416 e. The van der Waals surface area contributed by atoms with Gasteiger partial charge in [-0.3, -0.25) is 14.6 Å². The fraction of sp³-hybridized carbons (Fsp3) is 0.125. The second-order valence-electron chi connectivity index (χ2n) is 11.5. The van der Waals surface area contributed by atoms with Crippen molar-refractivity contribution in [3.8, 4) is 11.1 Å². The molecule has 6 aromatic rings. The molecule has 0 atom stereocenters. The third-order valence-corrected chi connectivity index (χ3v) is 8.26. The lowest BCUT2D eigenvalue weighted by Gasteiger charge is -2.18. The van der Waals surface area contributed by atoms with Crippen molar-refractivity contribution in [2.24, 2.45) is 0 Å². The van der Waals surface area contributed by atoms with Gasteiger partial charge in [0, 0.05) is 35.3 Å². The van der Waals surface area contributed by atoms with Crippen molar-refractivity contribution in [1.82, 2.24) is 10.3 Å². The van der Waals surface area contributed by atoms with E-state index in [0.29, 0.717) is 40.0 Å². The Labute approximate surface area is 276 Å². The van der Waals surface area contributed by atoms with Gasteiger partial charge in [0.2, 0.25) is 0 Å². The fourth-order valence-electron chi connectivity index (χ4n) is 5.80. The molecule has 8 heteroatoms. The molecule has 240 valence electrons. The van der Waals surface area contributed by atoms with Crippen LogP contribution in [0.15, 0.2) is 140 Å². The standard InChI is InChI=1S/C40H32F3N3O2/c41-40(42,43)32-20-17-29(18-21-32)35-14-7-8-15-36(35)39(48)46-33-22-19-30-24-31(26-45-37(30)25-33)38(47)44-23-9-16-34(27-10-3-1-4-11-27)28-12-5-2-6-13-28/h1-8,10-15,17-22,24-26,34H,9,16,23H2,(H,44,47)(H,46,48). The maximum absolute atomic E-state index is 13.3. The average molecular weight is 644 g/mol. The maximum atomic E-state index is 13.3. The molecule has 1 heterocycles. The molecule has 0 fully saturated rings. The summed E-state index contributed by atoms with van der Waals surface area (Å²) in [5.74, 6) is -0.389. The highest BCUT2D eigenvalue weighted by molar-refractivity contribution is 6.09. The van der Waals surface area contributed by atoms with Crippen molar-refractivity contribution in [2.45, 2.75) is 24.9 Å². The summed E-state index contributed by atoms with van der Waals surface area (Å²) in [5.41, 5.74) is 4.57. The van der Waals surface area contributed by atoms with Crippen LogP contribution in [-0.4, -0.2) is 23.3 Å². The highest BCUT2D eigenvalue weighted by Crippen LogP contribution is 2.32. The quantitative estimate of drug-likeness (QED) is 0.146. The summed E-state index contributed by atoms with van der Waals surface area (Å²) in [6.07, 6.45) is -1.25. The topological polar surface area (TPSA) is 71.1 Å². The van der Waals surface area contributed by atoms with Crippen LogP contribution in [-0.2, 0) is 6.18 Å². The van der Waals surface area contributed by atoms with Gasteiger partial charge >= 0.3 is 6.18 Å². The molecule has 0 aliphatic heterocycles. The number of carbonyl (C=O) groups excluding carboxylic acids is 2. The van der Waals surface area contributed by atoms with E-state index in [1.807, 2.05) is 36.4 Å². The van der Waals surface area contributed by atoms with Crippen molar-refractivity contribution >= 4 is 28.4 Å². The van der Waals surface area contributed by atoms with Gasteiger partial charge in [-0.25, -0.2) is 0 Å². The Morgan fingerprint density at radius 1 is 0.708 bits per heavy atom. The first kappa shape index (κ1) is 32.2. The first-order chi connectivity index (χ1) is 23.3. The third kappa shape index (κ3) is 7.61. The Morgan fingerprint density at radius 2 is 1.35 bits per heavy atom. The summed E-state index contributed by atoms with van der Waals surface area (Å²) in [7, 11) is 0. The van der Waals surface area contributed by atoms with Crippen molar-refractivity contribution < 1.29 is 22.8 Å². The van der Waals surface area contributed by atoms with E-state index in [-0.39, 0.29) is 11.8 Å². The van der Waals surface area contributed by atoms with E-state index in [0.717, 1.165) is 30.4 Å². The summed E-state index contributed by atoms with van der Waals surface area (Å²) in [6, 6.07) is 39.2. The molecule has 0 aliphatic carbocycles. The van der Waals surface area contributed by atoms with E-state index in [2.05, 4.69) is 39.9 Å². The van der Waals surface area contributed by atoms with Gasteiger partial charge in [-0.2, -0.15) is 13.2 Å². The molecule has 0 saturated carbocycles. The number of aromatic nitrogens is 1. The van der Waals surface area contributed by atoms with Gasteiger partial charge in [0.05, 0.1) is 16.6 Å². The number of benzene rings is 5. The highest BCUT2D eigenvalue weighted by atomic mass is 19.4. The molecule has 5 aromatic carbocycles. The van der Waals surface area contributed by atoms with Gasteiger partial charge in [0.25, 0.3) is 11.8 Å². The minimum atomic E-state index is -4.44. The van der Waals surface area contributed by atoms with Crippen LogP contribution < -0.4 is 10.6 Å². The first-order valence-corrected chi connectivity index (χ1v) is 15.6. The minimum Gasteiger partial charge on any atom is -0.352 e. The Hall–Kier alpha value is -5.76. The van der Waals surface area contributed by atoms with E-state index in [9.17, 15) is 22.8 Å². The summed E-state index contributed by atoms with van der Waals surface area (Å²) < 4.78 is 39.1. The van der Waals surface area contributed by atoms with Crippen LogP contribution >= 0.6 is 0 Å². The largest absolute Gasteiger partial charge is 0.416 e. The molecule has 0 bridgehead atoms. The normalized spacial score (nSPS) is 11.4. The number of halogens is 3. The van der Waals surface area contributed by atoms with Crippen molar-refractivity contribution in [2.75, 3.05) is 11.9 Å². The number of hydrogen-bond donors (Lipinski definition) is 2. The second kappa shape index (κ2) is 14.3. The molecule has 48 heavy (non-hydrogen) atoms. The second-order valence-corrected chi connectivity index (χ2v) is 11.5. The van der Waals surface area contributed by atoms with E-state index < -0.39 is 17.6 Å². The molecule has 0 spiro atoms. The number of nitrogens with zero attached hydrogens (tertiary/aromatic N) is 1. The van der Waals surface area contributed by atoms with Crippen molar-refractivity contribution in [1.29, 1.82) is 0 Å². The Morgan fingerprint density at radius 3 is 2.02 bits per heavy atom. The predicted octanol–water partition coefficient (Wildman–Crippen LogP) is 9.51. The van der Waals surface area contributed by atoms with Crippen LogP contribution in [0.3, 0.4) is 0 Å². The van der Waals surface area contributed by atoms with E-state index in [1.165, 1.54) is 29.5 Å².